The molecule has 0 aliphatic rings. The maximum atomic E-state index is 12.1. The number of hydrogen-bond acceptors (Lipinski definition) is 6. The Balaban J connectivity index is 1.86. The van der Waals surface area contributed by atoms with Crippen LogP contribution in [0.3, 0.4) is 0 Å². The molecule has 2 aromatic rings. The summed E-state index contributed by atoms with van der Waals surface area (Å²) >= 11 is 1.50. The van der Waals surface area contributed by atoms with Crippen molar-refractivity contribution in [1.82, 2.24) is 24.8 Å². The Hall–Kier alpha value is -1.29. The van der Waals surface area contributed by atoms with Gasteiger partial charge in [-0.05, 0) is 6.54 Å². The topological polar surface area (TPSA) is 88.9 Å². The number of aromatic nitrogens is 3. The van der Waals surface area contributed by atoms with Crippen LogP contribution in [0.15, 0.2) is 28.2 Å². The van der Waals surface area contributed by atoms with Crippen molar-refractivity contribution < 1.29 is 8.42 Å². The highest BCUT2D eigenvalue weighted by Gasteiger charge is 2.15. The van der Waals surface area contributed by atoms with E-state index in [2.05, 4.69) is 20.1 Å². The van der Waals surface area contributed by atoms with E-state index in [4.69, 9.17) is 0 Å². The zero-order chi connectivity index (χ0) is 15.1. The Kier molecular flexibility index (Phi) is 5.85. The summed E-state index contributed by atoms with van der Waals surface area (Å²) in [5.41, 5.74) is 2.63. The average Bonchev–Trinajstić information content (AvgIpc) is 3.10. The standard InChI is InChI=1S/C12H19N5O2S2/c1-2-13-5-6-17-8-12(7-15-17)21(18,19)16-4-3-11-9-20-10-14-11/h7-10,13,16H,2-6H2,1H3. The zero-order valence-corrected chi connectivity index (χ0v) is 13.5. The molecule has 0 saturated heterocycles. The smallest absolute Gasteiger partial charge is 0.243 e. The van der Waals surface area contributed by atoms with Gasteiger partial charge in [0.05, 0.1) is 23.9 Å². The number of likely N-dealkylation sites (N-methyl/N-ethyl adjacent to an activating group) is 1. The van der Waals surface area contributed by atoms with Gasteiger partial charge in [0.1, 0.15) is 4.90 Å². The summed E-state index contributed by atoms with van der Waals surface area (Å²) in [5, 5.41) is 9.13. The fraction of sp³-hybridized carbons (Fsp3) is 0.500. The summed E-state index contributed by atoms with van der Waals surface area (Å²) in [6.45, 7) is 4.63. The van der Waals surface area contributed by atoms with Crippen molar-refractivity contribution in [2.75, 3.05) is 19.6 Å². The molecule has 21 heavy (non-hydrogen) atoms. The molecule has 2 heterocycles. The molecule has 7 nitrogen and oxygen atoms in total. The van der Waals surface area contributed by atoms with Crippen LogP contribution >= 0.6 is 11.3 Å². The van der Waals surface area contributed by atoms with Gasteiger partial charge in [-0.25, -0.2) is 18.1 Å². The largest absolute Gasteiger partial charge is 0.315 e. The summed E-state index contributed by atoms with van der Waals surface area (Å²) in [6.07, 6.45) is 3.50. The van der Waals surface area contributed by atoms with Crippen LogP contribution in [0, 0.1) is 0 Å². The third-order valence-electron chi connectivity index (χ3n) is 2.84. The predicted molar refractivity (Wildman–Crippen MR) is 81.8 cm³/mol. The first-order chi connectivity index (χ1) is 10.1. The molecule has 2 rings (SSSR count). The van der Waals surface area contributed by atoms with Crippen molar-refractivity contribution in [1.29, 1.82) is 0 Å². The molecule has 0 unspecified atom stereocenters. The maximum absolute atomic E-state index is 12.1. The van der Waals surface area contributed by atoms with Crippen LogP contribution in [0.25, 0.3) is 0 Å². The van der Waals surface area contributed by atoms with E-state index in [1.807, 2.05) is 12.3 Å². The van der Waals surface area contributed by atoms with Crippen LogP contribution < -0.4 is 10.0 Å². The van der Waals surface area contributed by atoms with Crippen molar-refractivity contribution in [3.8, 4) is 0 Å². The van der Waals surface area contributed by atoms with Crippen molar-refractivity contribution >= 4 is 21.4 Å². The number of thiazole rings is 1. The van der Waals surface area contributed by atoms with Crippen LogP contribution in [0.1, 0.15) is 12.6 Å². The minimum Gasteiger partial charge on any atom is -0.315 e. The molecule has 0 aromatic carbocycles. The molecule has 116 valence electrons. The fourth-order valence-electron chi connectivity index (χ4n) is 1.73. The third-order valence-corrected chi connectivity index (χ3v) is 4.90. The van der Waals surface area contributed by atoms with E-state index in [0.717, 1.165) is 18.8 Å². The Labute approximate surface area is 128 Å². The fourth-order valence-corrected chi connectivity index (χ4v) is 3.31. The van der Waals surface area contributed by atoms with Crippen LogP contribution in [-0.2, 0) is 23.0 Å². The van der Waals surface area contributed by atoms with Gasteiger partial charge in [0, 0.05) is 31.1 Å². The Morgan fingerprint density at radius 2 is 2.24 bits per heavy atom. The lowest BCUT2D eigenvalue weighted by Crippen LogP contribution is -2.25. The van der Waals surface area contributed by atoms with Gasteiger partial charge in [0.25, 0.3) is 0 Å². The minimum absolute atomic E-state index is 0.192. The number of rotatable bonds is 9. The van der Waals surface area contributed by atoms with E-state index in [1.165, 1.54) is 17.5 Å². The van der Waals surface area contributed by atoms with Crippen LogP contribution in [0.2, 0.25) is 0 Å². The van der Waals surface area contributed by atoms with E-state index in [-0.39, 0.29) is 4.90 Å². The molecule has 9 heteroatoms. The summed E-state index contributed by atoms with van der Waals surface area (Å²) in [6, 6.07) is 0. The normalized spacial score (nSPS) is 11.9. The molecule has 2 aromatic heterocycles. The van der Waals surface area contributed by atoms with Gasteiger partial charge in [-0.1, -0.05) is 6.92 Å². The van der Waals surface area contributed by atoms with Crippen molar-refractivity contribution in [3.05, 3.63) is 29.0 Å². The first kappa shape index (κ1) is 16.1. The Morgan fingerprint density at radius 3 is 2.95 bits per heavy atom. The molecular formula is C12H19N5O2S2. The van der Waals surface area contributed by atoms with E-state index in [0.29, 0.717) is 19.5 Å². The first-order valence-electron chi connectivity index (χ1n) is 6.71. The van der Waals surface area contributed by atoms with Gasteiger partial charge < -0.3 is 5.32 Å². The highest BCUT2D eigenvalue weighted by Crippen LogP contribution is 2.07. The van der Waals surface area contributed by atoms with Gasteiger partial charge in [-0.3, -0.25) is 4.68 Å². The number of nitrogens with one attached hydrogen (secondary N) is 2. The van der Waals surface area contributed by atoms with E-state index in [1.54, 1.807) is 16.4 Å². The average molecular weight is 329 g/mol. The van der Waals surface area contributed by atoms with Crippen LogP contribution in [0.4, 0.5) is 0 Å². The molecule has 0 spiro atoms. The second-order valence-electron chi connectivity index (χ2n) is 4.42. The maximum Gasteiger partial charge on any atom is 0.243 e. The molecule has 2 N–H and O–H groups in total. The van der Waals surface area contributed by atoms with Gasteiger partial charge in [-0.15, -0.1) is 11.3 Å². The molecule has 0 atom stereocenters. The molecule has 0 bridgehead atoms. The minimum atomic E-state index is -3.50. The van der Waals surface area contributed by atoms with E-state index >= 15 is 0 Å². The summed E-state index contributed by atoms with van der Waals surface area (Å²) in [4.78, 5) is 4.31. The van der Waals surface area contributed by atoms with Crippen molar-refractivity contribution in [2.45, 2.75) is 24.8 Å². The van der Waals surface area contributed by atoms with Crippen molar-refractivity contribution in [3.63, 3.8) is 0 Å². The van der Waals surface area contributed by atoms with E-state index in [9.17, 15) is 8.42 Å². The molecule has 0 aliphatic carbocycles. The highest BCUT2D eigenvalue weighted by atomic mass is 32.2. The van der Waals surface area contributed by atoms with Gasteiger partial charge >= 0.3 is 0 Å². The summed E-state index contributed by atoms with van der Waals surface area (Å²) in [7, 11) is -3.50. The van der Waals surface area contributed by atoms with Gasteiger partial charge in [-0.2, -0.15) is 5.10 Å². The van der Waals surface area contributed by atoms with Crippen LogP contribution in [-0.4, -0.2) is 42.8 Å². The summed E-state index contributed by atoms with van der Waals surface area (Å²) < 4.78 is 28.4. The lowest BCUT2D eigenvalue weighted by molar-refractivity contribution is 0.562. The van der Waals surface area contributed by atoms with E-state index < -0.39 is 10.0 Å². The second-order valence-corrected chi connectivity index (χ2v) is 6.91. The number of sulfonamides is 1. The second kappa shape index (κ2) is 7.64. The monoisotopic (exact) mass is 329 g/mol. The molecular weight excluding hydrogens is 310 g/mol. The SMILES string of the molecule is CCNCCn1cc(S(=O)(=O)NCCc2cscn2)cn1. The Bertz CT molecular complexity index is 636. The Morgan fingerprint density at radius 1 is 1.38 bits per heavy atom. The zero-order valence-electron chi connectivity index (χ0n) is 11.8. The molecule has 0 fully saturated rings. The highest BCUT2D eigenvalue weighted by molar-refractivity contribution is 7.89. The van der Waals surface area contributed by atoms with Gasteiger partial charge in [0.15, 0.2) is 0 Å². The third kappa shape index (κ3) is 4.88. The quantitative estimate of drug-likeness (QED) is 0.653. The lowest BCUT2D eigenvalue weighted by Gasteiger charge is -2.03. The molecule has 0 amide bonds. The number of nitrogens with zero attached hydrogens (tertiary/aromatic N) is 3. The predicted octanol–water partition coefficient (Wildman–Crippen LogP) is 0.470. The van der Waals surface area contributed by atoms with Crippen molar-refractivity contribution in [2.24, 2.45) is 0 Å². The summed E-state index contributed by atoms with van der Waals surface area (Å²) in [5.74, 6) is 0. The van der Waals surface area contributed by atoms with Gasteiger partial charge in [0.2, 0.25) is 10.0 Å². The molecule has 0 radical (unpaired) electrons. The molecule has 0 aliphatic heterocycles. The lowest BCUT2D eigenvalue weighted by atomic mass is 10.3. The first-order valence-corrected chi connectivity index (χ1v) is 9.14. The number of hydrogen-bond donors (Lipinski definition) is 2. The molecule has 0 saturated carbocycles. The van der Waals surface area contributed by atoms with Crippen LogP contribution in [0.5, 0.6) is 0 Å².